The maximum Gasteiger partial charge on any atom is 0.161 e. The van der Waals surface area contributed by atoms with Crippen molar-refractivity contribution < 1.29 is 14.6 Å². The molecule has 7 nitrogen and oxygen atoms in total. The number of hydrogen-bond acceptors (Lipinski definition) is 7. The molecule has 3 rings (SSSR count). The molecule has 7 heteroatoms. The number of benzene rings is 1. The Labute approximate surface area is 174 Å². The Kier molecular flexibility index (Phi) is 8.13. The van der Waals surface area contributed by atoms with Crippen molar-refractivity contribution in [2.75, 3.05) is 66.6 Å². The summed E-state index contributed by atoms with van der Waals surface area (Å²) in [5, 5.41) is 19.5. The summed E-state index contributed by atoms with van der Waals surface area (Å²) in [6.07, 6.45) is 1.35. The Morgan fingerprint density at radius 1 is 1.10 bits per heavy atom. The fraction of sp³-hybridized carbons (Fsp3) is 0.682. The molecule has 0 amide bonds. The van der Waals surface area contributed by atoms with Crippen molar-refractivity contribution in [3.8, 4) is 17.6 Å². The molecule has 1 atom stereocenters. The molecular formula is C22H34N4O3. The second-order valence-electron chi connectivity index (χ2n) is 8.23. The van der Waals surface area contributed by atoms with E-state index in [0.29, 0.717) is 18.0 Å². The summed E-state index contributed by atoms with van der Waals surface area (Å²) < 4.78 is 11.4. The number of methoxy groups -OCH3 is 1. The first-order valence-electron chi connectivity index (χ1n) is 10.6. The number of aliphatic hydroxyl groups is 1. The number of piperazine rings is 1. The number of rotatable bonds is 8. The number of likely N-dealkylation sites (tertiary alicyclic amines) is 1. The average Bonchev–Trinajstić information content (AvgIpc) is 2.74. The van der Waals surface area contributed by atoms with Gasteiger partial charge in [-0.1, -0.05) is 6.07 Å². The number of piperidine rings is 1. The minimum absolute atomic E-state index is 0.197. The first-order chi connectivity index (χ1) is 14.1. The highest BCUT2D eigenvalue weighted by molar-refractivity contribution is 5.43. The normalized spacial score (nSPS) is 20.9. The summed E-state index contributed by atoms with van der Waals surface area (Å²) in [5.74, 6) is 1.56. The molecule has 29 heavy (non-hydrogen) atoms. The third-order valence-corrected chi connectivity index (χ3v) is 5.90. The molecule has 2 aliphatic heterocycles. The third-order valence-electron chi connectivity index (χ3n) is 5.90. The lowest BCUT2D eigenvalue weighted by molar-refractivity contribution is 0.0497. The predicted molar refractivity (Wildman–Crippen MR) is 112 cm³/mol. The van der Waals surface area contributed by atoms with E-state index < -0.39 is 6.10 Å². The standard InChI is InChI=1S/C22H34N4O3/c1-24-9-11-26(12-10-24)16-20(27)17-29-22-13-19(3-4-21(22)28-2)15-25-7-5-18(14-23)6-8-25/h3-4,13,18,20,27H,5-12,15-17H2,1-2H3/t20-/m0/s1. The molecule has 0 aromatic heterocycles. The van der Waals surface area contributed by atoms with E-state index >= 15 is 0 Å². The van der Waals surface area contributed by atoms with Crippen molar-refractivity contribution >= 4 is 0 Å². The van der Waals surface area contributed by atoms with E-state index in [4.69, 9.17) is 14.7 Å². The van der Waals surface area contributed by atoms with E-state index in [-0.39, 0.29) is 12.5 Å². The van der Waals surface area contributed by atoms with Crippen LogP contribution in [0.15, 0.2) is 18.2 Å². The fourth-order valence-corrected chi connectivity index (χ4v) is 3.98. The van der Waals surface area contributed by atoms with Crippen LogP contribution in [0, 0.1) is 17.2 Å². The van der Waals surface area contributed by atoms with E-state index in [1.165, 1.54) is 0 Å². The number of nitriles is 1. The quantitative estimate of drug-likeness (QED) is 0.705. The van der Waals surface area contributed by atoms with Crippen LogP contribution >= 0.6 is 0 Å². The third kappa shape index (κ3) is 6.58. The molecule has 2 heterocycles. The van der Waals surface area contributed by atoms with Crippen molar-refractivity contribution in [3.63, 3.8) is 0 Å². The Balaban J connectivity index is 1.51. The van der Waals surface area contributed by atoms with Crippen LogP contribution in [0.25, 0.3) is 0 Å². The van der Waals surface area contributed by atoms with Crippen LogP contribution in [0.1, 0.15) is 18.4 Å². The molecule has 1 aromatic carbocycles. The molecule has 0 spiro atoms. The molecule has 2 fully saturated rings. The van der Waals surface area contributed by atoms with E-state index in [0.717, 1.165) is 64.2 Å². The van der Waals surface area contributed by atoms with E-state index in [2.05, 4.69) is 33.9 Å². The van der Waals surface area contributed by atoms with Crippen molar-refractivity contribution in [1.82, 2.24) is 14.7 Å². The smallest absolute Gasteiger partial charge is 0.161 e. The molecular weight excluding hydrogens is 368 g/mol. The molecule has 1 aromatic rings. The van der Waals surface area contributed by atoms with Crippen molar-refractivity contribution in [2.45, 2.75) is 25.5 Å². The zero-order chi connectivity index (χ0) is 20.6. The number of hydrogen-bond donors (Lipinski definition) is 1. The fourth-order valence-electron chi connectivity index (χ4n) is 3.98. The van der Waals surface area contributed by atoms with Gasteiger partial charge in [-0.2, -0.15) is 5.26 Å². The Bertz CT molecular complexity index is 677. The number of β-amino-alcohol motifs (C(OH)–C–C–N with tert-alkyl or cyclic N) is 1. The van der Waals surface area contributed by atoms with Gasteiger partial charge in [-0.15, -0.1) is 0 Å². The van der Waals surface area contributed by atoms with Gasteiger partial charge in [0.1, 0.15) is 12.7 Å². The molecule has 0 unspecified atom stereocenters. The van der Waals surface area contributed by atoms with Crippen LogP contribution in [-0.2, 0) is 6.54 Å². The highest BCUT2D eigenvalue weighted by Crippen LogP contribution is 2.29. The second kappa shape index (κ2) is 10.8. The molecule has 0 radical (unpaired) electrons. The first kappa shape index (κ1) is 21.8. The average molecular weight is 403 g/mol. The van der Waals surface area contributed by atoms with Crippen LogP contribution in [0.2, 0.25) is 0 Å². The molecule has 2 aliphatic rings. The van der Waals surface area contributed by atoms with Gasteiger partial charge in [-0.3, -0.25) is 9.80 Å². The lowest BCUT2D eigenvalue weighted by atomic mass is 9.98. The summed E-state index contributed by atoms with van der Waals surface area (Å²) in [6, 6.07) is 8.38. The Hall–Kier alpha value is -1.85. The van der Waals surface area contributed by atoms with Crippen LogP contribution in [0.3, 0.4) is 0 Å². The lowest BCUT2D eigenvalue weighted by Crippen LogP contribution is -2.47. The molecule has 0 aliphatic carbocycles. The number of nitrogens with zero attached hydrogens (tertiary/aromatic N) is 4. The van der Waals surface area contributed by atoms with Gasteiger partial charge in [-0.25, -0.2) is 0 Å². The zero-order valence-electron chi connectivity index (χ0n) is 17.7. The van der Waals surface area contributed by atoms with Gasteiger partial charge in [0.15, 0.2) is 11.5 Å². The minimum Gasteiger partial charge on any atom is -0.493 e. The summed E-state index contributed by atoms with van der Waals surface area (Å²) in [4.78, 5) is 6.97. The zero-order valence-corrected chi connectivity index (χ0v) is 17.7. The predicted octanol–water partition coefficient (Wildman–Crippen LogP) is 1.42. The highest BCUT2D eigenvalue weighted by atomic mass is 16.5. The number of likely N-dealkylation sites (N-methyl/N-ethyl adjacent to an activating group) is 1. The monoisotopic (exact) mass is 402 g/mol. The van der Waals surface area contributed by atoms with Crippen LogP contribution in [0.4, 0.5) is 0 Å². The van der Waals surface area contributed by atoms with Crippen LogP contribution in [0.5, 0.6) is 11.5 Å². The molecule has 1 N–H and O–H groups in total. The lowest BCUT2D eigenvalue weighted by Gasteiger charge is -2.33. The largest absolute Gasteiger partial charge is 0.493 e. The molecule has 160 valence electrons. The summed E-state index contributed by atoms with van der Waals surface area (Å²) in [6.45, 7) is 7.65. The van der Waals surface area contributed by atoms with Gasteiger partial charge in [0, 0.05) is 45.2 Å². The summed E-state index contributed by atoms with van der Waals surface area (Å²) in [7, 11) is 3.76. The van der Waals surface area contributed by atoms with E-state index in [1.54, 1.807) is 7.11 Å². The second-order valence-corrected chi connectivity index (χ2v) is 8.23. The Morgan fingerprint density at radius 2 is 1.83 bits per heavy atom. The van der Waals surface area contributed by atoms with Crippen LogP contribution in [-0.4, -0.2) is 92.5 Å². The van der Waals surface area contributed by atoms with Crippen molar-refractivity contribution in [2.24, 2.45) is 5.92 Å². The van der Waals surface area contributed by atoms with Gasteiger partial charge in [0.25, 0.3) is 0 Å². The summed E-state index contributed by atoms with van der Waals surface area (Å²) >= 11 is 0. The molecule has 2 saturated heterocycles. The van der Waals surface area contributed by atoms with Gasteiger partial charge in [0.05, 0.1) is 13.2 Å². The SMILES string of the molecule is COc1ccc(CN2CCC(C#N)CC2)cc1OC[C@@H](O)CN1CCN(C)CC1. The van der Waals surface area contributed by atoms with E-state index in [1.807, 2.05) is 12.1 Å². The molecule has 0 bridgehead atoms. The maximum atomic E-state index is 10.4. The minimum atomic E-state index is -0.531. The topological polar surface area (TPSA) is 72.2 Å². The highest BCUT2D eigenvalue weighted by Gasteiger charge is 2.20. The van der Waals surface area contributed by atoms with Gasteiger partial charge >= 0.3 is 0 Å². The van der Waals surface area contributed by atoms with Crippen molar-refractivity contribution in [1.29, 1.82) is 5.26 Å². The van der Waals surface area contributed by atoms with Crippen LogP contribution < -0.4 is 9.47 Å². The maximum absolute atomic E-state index is 10.4. The van der Waals surface area contributed by atoms with Crippen molar-refractivity contribution in [3.05, 3.63) is 23.8 Å². The molecule has 0 saturated carbocycles. The summed E-state index contributed by atoms with van der Waals surface area (Å²) in [5.41, 5.74) is 1.16. The van der Waals surface area contributed by atoms with Gasteiger partial charge in [0.2, 0.25) is 0 Å². The number of aliphatic hydroxyl groups excluding tert-OH is 1. The Morgan fingerprint density at radius 3 is 2.48 bits per heavy atom. The van der Waals surface area contributed by atoms with Gasteiger partial charge in [-0.05, 0) is 50.7 Å². The van der Waals surface area contributed by atoms with Gasteiger partial charge < -0.3 is 19.5 Å². The number of ether oxygens (including phenoxy) is 2. The van der Waals surface area contributed by atoms with E-state index in [9.17, 15) is 5.11 Å². The first-order valence-corrected chi connectivity index (χ1v) is 10.6.